The molecule has 0 N–H and O–H groups in total. The molecular formula is C18H25N3O3. The van der Waals surface area contributed by atoms with Gasteiger partial charge in [0, 0.05) is 51.1 Å². The molecule has 3 saturated heterocycles. The van der Waals surface area contributed by atoms with Gasteiger partial charge in [-0.05, 0) is 37.0 Å². The molecule has 0 radical (unpaired) electrons. The van der Waals surface area contributed by atoms with Crippen molar-refractivity contribution in [1.29, 1.82) is 0 Å². The van der Waals surface area contributed by atoms with Crippen LogP contribution in [-0.4, -0.2) is 59.8 Å². The monoisotopic (exact) mass is 331 g/mol. The summed E-state index contributed by atoms with van der Waals surface area (Å²) in [6.45, 7) is 4.66. The second-order valence-corrected chi connectivity index (χ2v) is 7.00. The van der Waals surface area contributed by atoms with Gasteiger partial charge in [0.25, 0.3) is 5.91 Å². The summed E-state index contributed by atoms with van der Waals surface area (Å²) in [6, 6.07) is 4.07. The normalized spacial score (nSPS) is 31.0. The first kappa shape index (κ1) is 16.0. The maximum absolute atomic E-state index is 13.0. The van der Waals surface area contributed by atoms with E-state index in [1.165, 1.54) is 5.56 Å². The van der Waals surface area contributed by atoms with Gasteiger partial charge in [-0.15, -0.1) is 0 Å². The number of pyridine rings is 1. The molecule has 3 fully saturated rings. The van der Waals surface area contributed by atoms with Crippen molar-refractivity contribution in [3.63, 3.8) is 0 Å². The van der Waals surface area contributed by atoms with Crippen molar-refractivity contribution in [2.45, 2.75) is 31.9 Å². The number of carbonyl (C=O) groups is 1. The Hall–Kier alpha value is -1.50. The quantitative estimate of drug-likeness (QED) is 0.840. The fourth-order valence-corrected chi connectivity index (χ4v) is 4.15. The Kier molecular flexibility index (Phi) is 4.78. The number of fused-ring (bicyclic) bond motifs is 1. The summed E-state index contributed by atoms with van der Waals surface area (Å²) in [7, 11) is 0. The molecule has 1 aromatic heterocycles. The predicted molar refractivity (Wildman–Crippen MR) is 87.8 cm³/mol. The van der Waals surface area contributed by atoms with Gasteiger partial charge in [0.15, 0.2) is 0 Å². The van der Waals surface area contributed by atoms with Gasteiger partial charge < -0.3 is 4.74 Å². The topological polar surface area (TPSA) is 54.9 Å². The Morgan fingerprint density at radius 2 is 2.08 bits per heavy atom. The molecule has 0 aliphatic carbocycles. The zero-order valence-electron chi connectivity index (χ0n) is 14.0. The molecule has 1 amide bonds. The van der Waals surface area contributed by atoms with Gasteiger partial charge >= 0.3 is 0 Å². The molecule has 4 heterocycles. The molecule has 0 saturated carbocycles. The highest BCUT2D eigenvalue weighted by Crippen LogP contribution is 2.35. The summed E-state index contributed by atoms with van der Waals surface area (Å²) in [5, 5.41) is 1.61. The Balaban J connectivity index is 1.47. The first-order valence-electron chi connectivity index (χ1n) is 8.98. The summed E-state index contributed by atoms with van der Waals surface area (Å²) >= 11 is 0. The van der Waals surface area contributed by atoms with E-state index in [2.05, 4.69) is 9.88 Å². The molecule has 0 aromatic carbocycles. The van der Waals surface area contributed by atoms with E-state index in [0.29, 0.717) is 12.5 Å². The van der Waals surface area contributed by atoms with Gasteiger partial charge in [0.05, 0.1) is 18.6 Å². The largest absolute Gasteiger partial charge is 0.377 e. The minimum Gasteiger partial charge on any atom is -0.377 e. The van der Waals surface area contributed by atoms with Gasteiger partial charge in [0.1, 0.15) is 0 Å². The third-order valence-corrected chi connectivity index (χ3v) is 5.39. The molecule has 3 atom stereocenters. The Morgan fingerprint density at radius 3 is 2.88 bits per heavy atom. The van der Waals surface area contributed by atoms with Gasteiger partial charge in [-0.25, -0.2) is 5.06 Å². The third kappa shape index (κ3) is 3.31. The predicted octanol–water partition coefficient (Wildman–Crippen LogP) is 1.47. The Labute approximate surface area is 142 Å². The van der Waals surface area contributed by atoms with Crippen LogP contribution in [0.4, 0.5) is 0 Å². The van der Waals surface area contributed by atoms with E-state index in [4.69, 9.17) is 9.57 Å². The Bertz CT molecular complexity index is 562. The molecule has 1 aromatic rings. The first-order valence-corrected chi connectivity index (χ1v) is 8.98. The fraction of sp³-hybridized carbons (Fsp3) is 0.667. The fourth-order valence-electron chi connectivity index (χ4n) is 4.15. The van der Waals surface area contributed by atoms with E-state index in [9.17, 15) is 4.79 Å². The average Bonchev–Trinajstić information content (AvgIpc) is 3.10. The second kappa shape index (κ2) is 7.17. The van der Waals surface area contributed by atoms with Crippen LogP contribution >= 0.6 is 0 Å². The number of aromatic nitrogens is 1. The van der Waals surface area contributed by atoms with Crippen LogP contribution in [0.1, 0.15) is 24.8 Å². The summed E-state index contributed by atoms with van der Waals surface area (Å²) in [5.74, 6) is 0.456. The minimum atomic E-state index is -0.0220. The third-order valence-electron chi connectivity index (χ3n) is 5.39. The lowest BCUT2D eigenvalue weighted by atomic mass is 9.82. The van der Waals surface area contributed by atoms with E-state index in [0.717, 1.165) is 52.0 Å². The van der Waals surface area contributed by atoms with Gasteiger partial charge in [-0.1, -0.05) is 0 Å². The van der Waals surface area contributed by atoms with Crippen LogP contribution in [0.15, 0.2) is 24.5 Å². The zero-order chi connectivity index (χ0) is 16.4. The van der Waals surface area contributed by atoms with E-state index < -0.39 is 0 Å². The van der Waals surface area contributed by atoms with Crippen molar-refractivity contribution in [1.82, 2.24) is 14.9 Å². The maximum atomic E-state index is 13.0. The van der Waals surface area contributed by atoms with Gasteiger partial charge in [-0.2, -0.15) is 0 Å². The number of hydrogen-bond donors (Lipinski definition) is 0. The number of likely N-dealkylation sites (tertiary alicyclic amines) is 1. The Morgan fingerprint density at radius 1 is 1.21 bits per heavy atom. The molecule has 4 rings (SSSR count). The lowest BCUT2D eigenvalue weighted by Gasteiger charge is -2.41. The summed E-state index contributed by atoms with van der Waals surface area (Å²) in [4.78, 5) is 25.0. The van der Waals surface area contributed by atoms with Crippen molar-refractivity contribution in [2.75, 3.05) is 32.8 Å². The number of carbonyl (C=O) groups excluding carboxylic acids is 1. The van der Waals surface area contributed by atoms with E-state index in [1.807, 2.05) is 24.5 Å². The highest BCUT2D eigenvalue weighted by atomic mass is 16.7. The van der Waals surface area contributed by atoms with Crippen molar-refractivity contribution in [2.24, 2.45) is 11.8 Å². The number of nitrogens with zero attached hydrogens (tertiary/aromatic N) is 3. The molecular weight excluding hydrogens is 306 g/mol. The highest BCUT2D eigenvalue weighted by Gasteiger charge is 2.45. The number of hydrogen-bond acceptors (Lipinski definition) is 5. The van der Waals surface area contributed by atoms with Gasteiger partial charge in [-0.3, -0.25) is 19.5 Å². The molecule has 0 spiro atoms. The van der Waals surface area contributed by atoms with Crippen LogP contribution in [0, 0.1) is 11.8 Å². The van der Waals surface area contributed by atoms with Crippen molar-refractivity contribution >= 4 is 5.91 Å². The standard InChI is InChI=1S/C18H25N3O3/c22-18(21-8-1-2-9-24-21)16-12-20(11-14-3-6-19-7-4-14)13-17-15(16)5-10-23-17/h3-4,6-7,15-17H,1-2,5,8-13H2/t15-,16-,17+/m1/s1. The summed E-state index contributed by atoms with van der Waals surface area (Å²) in [6.07, 6.45) is 6.86. The molecule has 130 valence electrons. The molecule has 0 unspecified atom stereocenters. The van der Waals surface area contributed by atoms with Gasteiger partial charge in [0.2, 0.25) is 0 Å². The second-order valence-electron chi connectivity index (χ2n) is 7.00. The maximum Gasteiger partial charge on any atom is 0.250 e. The molecule has 3 aliphatic rings. The molecule has 24 heavy (non-hydrogen) atoms. The number of ether oxygens (including phenoxy) is 1. The lowest BCUT2D eigenvalue weighted by Crippen LogP contribution is -2.53. The van der Waals surface area contributed by atoms with Crippen LogP contribution in [-0.2, 0) is 20.9 Å². The number of hydroxylamine groups is 2. The van der Waals surface area contributed by atoms with E-state index >= 15 is 0 Å². The molecule has 6 nitrogen and oxygen atoms in total. The van der Waals surface area contributed by atoms with Crippen LogP contribution in [0.5, 0.6) is 0 Å². The zero-order valence-corrected chi connectivity index (χ0v) is 14.0. The number of amides is 1. The van der Waals surface area contributed by atoms with Crippen LogP contribution in [0.2, 0.25) is 0 Å². The molecule has 0 bridgehead atoms. The van der Waals surface area contributed by atoms with Crippen molar-refractivity contribution in [3.05, 3.63) is 30.1 Å². The number of rotatable bonds is 3. The first-order chi connectivity index (χ1) is 11.8. The lowest BCUT2D eigenvalue weighted by molar-refractivity contribution is -0.205. The highest BCUT2D eigenvalue weighted by molar-refractivity contribution is 5.78. The molecule has 6 heteroatoms. The molecule has 3 aliphatic heterocycles. The number of piperidine rings is 1. The SMILES string of the molecule is O=C([C@@H]1CN(Cc2ccncc2)C[C@@H]2OCC[C@@H]21)N1CCCCO1. The average molecular weight is 331 g/mol. The van der Waals surface area contributed by atoms with Crippen LogP contribution in [0.25, 0.3) is 0 Å². The summed E-state index contributed by atoms with van der Waals surface area (Å²) < 4.78 is 5.93. The smallest absolute Gasteiger partial charge is 0.250 e. The summed E-state index contributed by atoms with van der Waals surface area (Å²) in [5.41, 5.74) is 1.22. The van der Waals surface area contributed by atoms with Crippen molar-refractivity contribution < 1.29 is 14.4 Å². The van der Waals surface area contributed by atoms with Crippen LogP contribution in [0.3, 0.4) is 0 Å². The minimum absolute atomic E-state index is 0.0220. The van der Waals surface area contributed by atoms with E-state index in [1.54, 1.807) is 5.06 Å². The van der Waals surface area contributed by atoms with Crippen LogP contribution < -0.4 is 0 Å². The van der Waals surface area contributed by atoms with E-state index in [-0.39, 0.29) is 17.9 Å². The van der Waals surface area contributed by atoms with Crippen molar-refractivity contribution in [3.8, 4) is 0 Å².